The molecule has 6 heteroatoms. The number of anilines is 1. The van der Waals surface area contributed by atoms with Crippen molar-refractivity contribution in [3.63, 3.8) is 0 Å². The molecule has 1 fully saturated rings. The lowest BCUT2D eigenvalue weighted by molar-refractivity contribution is 0.274. The van der Waals surface area contributed by atoms with Crippen molar-refractivity contribution >= 4 is 5.69 Å². The van der Waals surface area contributed by atoms with Crippen LogP contribution in [0.15, 0.2) is 0 Å². The van der Waals surface area contributed by atoms with Crippen LogP contribution in [0, 0.1) is 40.9 Å². The summed E-state index contributed by atoms with van der Waals surface area (Å²) in [5.74, 6) is -8.51. The van der Waals surface area contributed by atoms with E-state index in [9.17, 15) is 22.0 Å². The van der Waals surface area contributed by atoms with Crippen LogP contribution < -0.4 is 5.32 Å². The van der Waals surface area contributed by atoms with Gasteiger partial charge in [-0.15, -0.1) is 0 Å². The molecule has 1 nitrogen and oxygen atoms in total. The van der Waals surface area contributed by atoms with Gasteiger partial charge in [-0.3, -0.25) is 0 Å². The molecular formula is C15H18F5N. The van der Waals surface area contributed by atoms with Crippen molar-refractivity contribution in [1.82, 2.24) is 0 Å². The van der Waals surface area contributed by atoms with Gasteiger partial charge in [-0.1, -0.05) is 26.2 Å². The summed E-state index contributed by atoms with van der Waals surface area (Å²) in [5.41, 5.74) is -0.935. The maximum absolute atomic E-state index is 13.4. The van der Waals surface area contributed by atoms with E-state index in [0.29, 0.717) is 18.3 Å². The summed E-state index contributed by atoms with van der Waals surface area (Å²) in [6.07, 6.45) is 5.04. The fraction of sp³-hybridized carbons (Fsp3) is 0.600. The highest BCUT2D eigenvalue weighted by Crippen LogP contribution is 2.31. The molecule has 1 aliphatic rings. The molecule has 0 aliphatic heterocycles. The number of rotatable bonds is 4. The van der Waals surface area contributed by atoms with Gasteiger partial charge in [0.05, 0.1) is 0 Å². The molecule has 2 atom stereocenters. The first-order valence-electron chi connectivity index (χ1n) is 7.17. The van der Waals surface area contributed by atoms with Crippen LogP contribution in [0.3, 0.4) is 0 Å². The van der Waals surface area contributed by atoms with E-state index in [-0.39, 0.29) is 6.54 Å². The van der Waals surface area contributed by atoms with Crippen molar-refractivity contribution in [2.45, 2.75) is 39.0 Å². The molecule has 0 spiro atoms. The minimum atomic E-state index is -2.13. The van der Waals surface area contributed by atoms with E-state index in [0.717, 1.165) is 19.3 Å². The highest BCUT2D eigenvalue weighted by molar-refractivity contribution is 5.47. The summed E-state index contributed by atoms with van der Waals surface area (Å²) < 4.78 is 65.9. The quantitative estimate of drug-likeness (QED) is 0.468. The molecule has 1 aliphatic carbocycles. The second-order valence-corrected chi connectivity index (χ2v) is 5.80. The van der Waals surface area contributed by atoms with Gasteiger partial charge >= 0.3 is 0 Å². The number of nitrogens with one attached hydrogen (secondary N) is 1. The Hall–Kier alpha value is -1.33. The summed E-state index contributed by atoms with van der Waals surface area (Å²) in [4.78, 5) is 0. The van der Waals surface area contributed by atoms with Gasteiger partial charge < -0.3 is 5.32 Å². The average Bonchev–Trinajstić information content (AvgIpc) is 2.47. The van der Waals surface area contributed by atoms with Crippen molar-refractivity contribution in [1.29, 1.82) is 0 Å². The zero-order valence-corrected chi connectivity index (χ0v) is 11.8. The summed E-state index contributed by atoms with van der Waals surface area (Å²) in [6, 6.07) is 0. The molecule has 21 heavy (non-hydrogen) atoms. The zero-order chi connectivity index (χ0) is 15.6. The monoisotopic (exact) mass is 307 g/mol. The van der Waals surface area contributed by atoms with Crippen LogP contribution in [0.2, 0.25) is 0 Å². The standard InChI is InChI=1S/C15H18F5N/c1-8-3-2-4-9(7-8)5-6-21-15-13(19)11(17)10(16)12(18)14(15)20/h8-9,21H,2-7H2,1H3. The van der Waals surface area contributed by atoms with E-state index < -0.39 is 34.8 Å². The van der Waals surface area contributed by atoms with Crippen LogP contribution in [-0.4, -0.2) is 6.54 Å². The summed E-state index contributed by atoms with van der Waals surface area (Å²) in [7, 11) is 0. The van der Waals surface area contributed by atoms with Crippen LogP contribution in [0.4, 0.5) is 27.6 Å². The van der Waals surface area contributed by atoms with Gasteiger partial charge in [0.15, 0.2) is 23.3 Å². The topological polar surface area (TPSA) is 12.0 Å². The molecule has 2 unspecified atom stereocenters. The molecule has 0 radical (unpaired) electrons. The van der Waals surface area contributed by atoms with E-state index in [1.54, 1.807) is 0 Å². The third kappa shape index (κ3) is 3.47. The van der Waals surface area contributed by atoms with Crippen molar-refractivity contribution in [2.24, 2.45) is 11.8 Å². The summed E-state index contributed by atoms with van der Waals surface area (Å²) >= 11 is 0. The molecule has 1 saturated carbocycles. The highest BCUT2D eigenvalue weighted by atomic mass is 19.2. The first kappa shape index (κ1) is 16.0. The number of halogens is 5. The van der Waals surface area contributed by atoms with Crippen LogP contribution in [-0.2, 0) is 0 Å². The molecule has 0 amide bonds. The Labute approximate surface area is 120 Å². The second kappa shape index (κ2) is 6.62. The smallest absolute Gasteiger partial charge is 0.200 e. The van der Waals surface area contributed by atoms with E-state index in [2.05, 4.69) is 12.2 Å². The maximum atomic E-state index is 13.4. The Morgan fingerprint density at radius 3 is 2.05 bits per heavy atom. The largest absolute Gasteiger partial charge is 0.380 e. The van der Waals surface area contributed by atoms with Crippen LogP contribution >= 0.6 is 0 Å². The Bertz CT molecular complexity index is 488. The molecule has 1 aromatic rings. The van der Waals surface area contributed by atoms with Crippen LogP contribution in [0.5, 0.6) is 0 Å². The van der Waals surface area contributed by atoms with Gasteiger partial charge in [0.1, 0.15) is 5.69 Å². The Morgan fingerprint density at radius 2 is 1.48 bits per heavy atom. The molecule has 0 heterocycles. The lowest BCUT2D eigenvalue weighted by Gasteiger charge is -2.26. The first-order chi connectivity index (χ1) is 9.91. The summed E-state index contributed by atoms with van der Waals surface area (Å²) in [5, 5.41) is 2.36. The second-order valence-electron chi connectivity index (χ2n) is 5.80. The van der Waals surface area contributed by atoms with E-state index >= 15 is 0 Å². The van der Waals surface area contributed by atoms with Gasteiger partial charge in [0, 0.05) is 6.54 Å². The predicted octanol–water partition coefficient (Wildman–Crippen LogP) is 5.01. The maximum Gasteiger partial charge on any atom is 0.200 e. The van der Waals surface area contributed by atoms with Gasteiger partial charge in [-0.25, -0.2) is 22.0 Å². The molecule has 0 aromatic heterocycles. The zero-order valence-electron chi connectivity index (χ0n) is 11.8. The van der Waals surface area contributed by atoms with Crippen molar-refractivity contribution in [3.8, 4) is 0 Å². The van der Waals surface area contributed by atoms with Crippen molar-refractivity contribution in [3.05, 3.63) is 29.1 Å². The van der Waals surface area contributed by atoms with Gasteiger partial charge in [0.2, 0.25) is 5.82 Å². The molecular weight excluding hydrogens is 289 g/mol. The molecule has 2 rings (SSSR count). The highest BCUT2D eigenvalue weighted by Gasteiger charge is 2.26. The Balaban J connectivity index is 2.00. The van der Waals surface area contributed by atoms with Crippen LogP contribution in [0.1, 0.15) is 39.0 Å². The Kier molecular flexibility index (Phi) is 5.06. The summed E-state index contributed by atoms with van der Waals surface area (Å²) in [6.45, 7) is 2.35. The predicted molar refractivity (Wildman–Crippen MR) is 70.5 cm³/mol. The van der Waals surface area contributed by atoms with Crippen LogP contribution in [0.25, 0.3) is 0 Å². The van der Waals surface area contributed by atoms with E-state index in [1.165, 1.54) is 6.42 Å². The van der Waals surface area contributed by atoms with Gasteiger partial charge in [-0.05, 0) is 24.7 Å². The minimum Gasteiger partial charge on any atom is -0.380 e. The molecule has 0 saturated heterocycles. The first-order valence-corrected chi connectivity index (χ1v) is 7.17. The van der Waals surface area contributed by atoms with Gasteiger partial charge in [-0.2, -0.15) is 0 Å². The fourth-order valence-corrected chi connectivity index (χ4v) is 2.98. The third-order valence-corrected chi connectivity index (χ3v) is 4.11. The van der Waals surface area contributed by atoms with Crippen molar-refractivity contribution < 1.29 is 22.0 Å². The lowest BCUT2D eigenvalue weighted by Crippen LogP contribution is -2.18. The molecule has 1 N–H and O–H groups in total. The SMILES string of the molecule is CC1CCCC(CCNc2c(F)c(F)c(F)c(F)c2F)C1. The number of benzene rings is 1. The minimum absolute atomic E-state index is 0.190. The molecule has 118 valence electrons. The molecule has 1 aromatic carbocycles. The fourth-order valence-electron chi connectivity index (χ4n) is 2.98. The Morgan fingerprint density at radius 1 is 0.905 bits per heavy atom. The van der Waals surface area contributed by atoms with Crippen molar-refractivity contribution in [2.75, 3.05) is 11.9 Å². The third-order valence-electron chi connectivity index (χ3n) is 4.11. The van der Waals surface area contributed by atoms with E-state index in [1.807, 2.05) is 0 Å². The number of hydrogen-bond acceptors (Lipinski definition) is 1. The van der Waals surface area contributed by atoms with Gasteiger partial charge in [0.25, 0.3) is 0 Å². The average molecular weight is 307 g/mol. The normalized spacial score (nSPS) is 22.4. The lowest BCUT2D eigenvalue weighted by atomic mass is 9.81. The van der Waals surface area contributed by atoms with E-state index in [4.69, 9.17) is 0 Å². The number of hydrogen-bond donors (Lipinski definition) is 1. The molecule has 0 bridgehead atoms.